The first kappa shape index (κ1) is 25.0. The maximum atomic E-state index is 13.2. The molecule has 37 heavy (non-hydrogen) atoms. The van der Waals surface area contributed by atoms with Gasteiger partial charge >= 0.3 is 0 Å². The minimum atomic E-state index is -2.61. The Hall–Kier alpha value is -3.71. The number of guanidine groups is 2. The number of carbonyl (C=O) groups excluding carboxylic acids is 3. The third-order valence-corrected chi connectivity index (χ3v) is 7.62. The lowest BCUT2D eigenvalue weighted by molar-refractivity contribution is -0.230. The second kappa shape index (κ2) is 8.15. The van der Waals surface area contributed by atoms with Crippen molar-refractivity contribution in [1.29, 1.82) is 0 Å². The van der Waals surface area contributed by atoms with Crippen molar-refractivity contribution in [2.75, 3.05) is 13.1 Å². The van der Waals surface area contributed by atoms with Crippen LogP contribution in [0.1, 0.15) is 49.5 Å². The number of imide groups is 1. The Bertz CT molecular complexity index is 1220. The predicted molar refractivity (Wildman–Crippen MR) is 133 cm³/mol. The fraction of sp³-hybridized carbons (Fsp3) is 0.542. The summed E-state index contributed by atoms with van der Waals surface area (Å²) in [4.78, 5) is 49.0. The highest BCUT2D eigenvalue weighted by Crippen LogP contribution is 2.45. The van der Waals surface area contributed by atoms with Gasteiger partial charge in [0.05, 0.1) is 12.6 Å². The summed E-state index contributed by atoms with van der Waals surface area (Å²) in [6.45, 7) is 5.85. The predicted octanol–water partition coefficient (Wildman–Crippen LogP) is -2.09. The molecule has 13 heteroatoms. The van der Waals surface area contributed by atoms with E-state index in [4.69, 9.17) is 11.5 Å². The molecule has 0 aromatic heterocycles. The van der Waals surface area contributed by atoms with Gasteiger partial charge in [0.2, 0.25) is 17.6 Å². The Morgan fingerprint density at radius 2 is 1.86 bits per heavy atom. The minimum absolute atomic E-state index is 0.0586. The second-order valence-corrected chi connectivity index (χ2v) is 11.0. The third kappa shape index (κ3) is 3.72. The van der Waals surface area contributed by atoms with Crippen LogP contribution in [0.25, 0.3) is 0 Å². The molecule has 4 heterocycles. The van der Waals surface area contributed by atoms with Gasteiger partial charge in [-0.25, -0.2) is 9.98 Å². The van der Waals surface area contributed by atoms with E-state index in [1.807, 2.05) is 26.8 Å². The van der Waals surface area contributed by atoms with Crippen LogP contribution in [0.4, 0.5) is 0 Å². The van der Waals surface area contributed by atoms with Crippen molar-refractivity contribution >= 4 is 29.6 Å². The Kier molecular flexibility index (Phi) is 5.50. The van der Waals surface area contributed by atoms with Gasteiger partial charge < -0.3 is 37.2 Å². The van der Waals surface area contributed by atoms with Crippen LogP contribution >= 0.6 is 0 Å². The van der Waals surface area contributed by atoms with Crippen LogP contribution in [0.5, 0.6) is 0 Å². The topological polar surface area (TPSA) is 199 Å². The van der Waals surface area contributed by atoms with Gasteiger partial charge in [0.15, 0.2) is 17.6 Å². The Labute approximate surface area is 213 Å². The van der Waals surface area contributed by atoms with Crippen molar-refractivity contribution in [3.8, 4) is 0 Å². The number of likely N-dealkylation sites (tertiary alicyclic amines) is 1. The molecule has 4 aliphatic rings. The third-order valence-electron chi connectivity index (χ3n) is 7.62. The molecule has 0 saturated carbocycles. The molecule has 5 rings (SSSR count). The summed E-state index contributed by atoms with van der Waals surface area (Å²) >= 11 is 0. The quantitative estimate of drug-likeness (QED) is 0.193. The molecule has 4 aliphatic heterocycles. The number of carbonyl (C=O) groups is 3. The molecule has 1 unspecified atom stereocenters. The summed E-state index contributed by atoms with van der Waals surface area (Å²) in [5.41, 5.74) is 11.6. The number of nitrogens with one attached hydrogen (secondary N) is 2. The molecule has 0 radical (unpaired) electrons. The molecule has 2 saturated heterocycles. The molecule has 0 aliphatic carbocycles. The Balaban J connectivity index is 1.45. The number of nitrogens with two attached hydrogens (primary N) is 2. The average Bonchev–Trinajstić information content (AvgIpc) is 3.41. The molecule has 198 valence electrons. The van der Waals surface area contributed by atoms with Crippen LogP contribution in [-0.4, -0.2) is 92.3 Å². The SMILES string of the molecule is CC(C)(C)c1cccc(C(=O)N[C@H]2CN3C(N)=N[C@@H](CN4C(=O)CCC4=O)[C@@H]4N=C(N)NC43C2(O)O)c1. The van der Waals surface area contributed by atoms with E-state index in [1.54, 1.807) is 18.2 Å². The molecule has 1 spiro atoms. The van der Waals surface area contributed by atoms with Crippen LogP contribution < -0.4 is 22.1 Å². The number of hydrogen-bond donors (Lipinski definition) is 6. The highest BCUT2D eigenvalue weighted by molar-refractivity contribution is 6.02. The molecular weight excluding hydrogens is 480 g/mol. The Morgan fingerprint density at radius 1 is 1.19 bits per heavy atom. The zero-order valence-electron chi connectivity index (χ0n) is 20.9. The van der Waals surface area contributed by atoms with Gasteiger partial charge in [0.25, 0.3) is 5.91 Å². The van der Waals surface area contributed by atoms with Crippen LogP contribution in [0.15, 0.2) is 34.3 Å². The van der Waals surface area contributed by atoms with E-state index in [-0.39, 0.29) is 55.1 Å². The number of nitrogens with zero attached hydrogens (tertiary/aromatic N) is 4. The Morgan fingerprint density at radius 3 is 2.51 bits per heavy atom. The van der Waals surface area contributed by atoms with Crippen molar-refractivity contribution in [3.05, 3.63) is 35.4 Å². The van der Waals surface area contributed by atoms with Crippen molar-refractivity contribution in [2.45, 2.75) is 68.6 Å². The first-order valence-corrected chi connectivity index (χ1v) is 12.2. The van der Waals surface area contributed by atoms with Crippen molar-refractivity contribution in [2.24, 2.45) is 21.5 Å². The zero-order valence-corrected chi connectivity index (χ0v) is 20.9. The van der Waals surface area contributed by atoms with E-state index >= 15 is 0 Å². The van der Waals surface area contributed by atoms with Crippen molar-refractivity contribution in [3.63, 3.8) is 0 Å². The van der Waals surface area contributed by atoms with E-state index in [0.29, 0.717) is 5.56 Å². The van der Waals surface area contributed by atoms with E-state index in [9.17, 15) is 24.6 Å². The van der Waals surface area contributed by atoms with E-state index in [2.05, 4.69) is 20.6 Å². The molecule has 1 aromatic rings. The van der Waals surface area contributed by atoms with Gasteiger partial charge in [0.1, 0.15) is 12.1 Å². The van der Waals surface area contributed by atoms with Crippen LogP contribution in [0, 0.1) is 0 Å². The van der Waals surface area contributed by atoms with Gasteiger partial charge in [-0.2, -0.15) is 0 Å². The molecule has 8 N–H and O–H groups in total. The molecule has 0 bridgehead atoms. The molecule has 1 aromatic carbocycles. The maximum absolute atomic E-state index is 13.2. The first-order chi connectivity index (χ1) is 17.3. The number of hydrogen-bond acceptors (Lipinski definition) is 11. The smallest absolute Gasteiger partial charge is 0.251 e. The van der Waals surface area contributed by atoms with Crippen LogP contribution in [0.3, 0.4) is 0 Å². The summed E-state index contributed by atoms with van der Waals surface area (Å²) in [5.74, 6) is -3.93. The zero-order chi connectivity index (χ0) is 26.9. The fourth-order valence-corrected chi connectivity index (χ4v) is 5.62. The number of amides is 3. The maximum Gasteiger partial charge on any atom is 0.251 e. The lowest BCUT2D eigenvalue weighted by Gasteiger charge is -2.49. The largest absolute Gasteiger partial charge is 0.370 e. The highest BCUT2D eigenvalue weighted by atomic mass is 16.5. The summed E-state index contributed by atoms with van der Waals surface area (Å²) < 4.78 is 0. The normalized spacial score (nSPS) is 30.5. The van der Waals surface area contributed by atoms with Gasteiger partial charge in [-0.15, -0.1) is 0 Å². The van der Waals surface area contributed by atoms with Gasteiger partial charge in [-0.3, -0.25) is 19.3 Å². The average molecular weight is 513 g/mol. The molecule has 13 nitrogen and oxygen atoms in total. The van der Waals surface area contributed by atoms with Gasteiger partial charge in [-0.05, 0) is 23.1 Å². The van der Waals surface area contributed by atoms with Crippen molar-refractivity contribution in [1.82, 2.24) is 20.4 Å². The second-order valence-electron chi connectivity index (χ2n) is 11.0. The van der Waals surface area contributed by atoms with E-state index in [1.165, 1.54) is 4.90 Å². The molecule has 3 amide bonds. The summed E-state index contributed by atoms with van der Waals surface area (Å²) in [6.07, 6.45) is 0.204. The van der Waals surface area contributed by atoms with Crippen LogP contribution in [-0.2, 0) is 15.0 Å². The standard InChI is InChI=1S/C24H32N8O5/c1-22(2,3)13-6-4-5-12(9-13)19(35)28-15-11-32-21(26)27-14(10-31-16(33)7-8-17(31)34)18-23(32,24(15,36)37)30-20(25)29-18/h4-6,9,14-15,18,36-37H,7-8,10-11H2,1-3H3,(H2,26,27)(H,28,35)(H3,25,29,30)/t14-,15-,18-,23?/m0/s1. The number of aliphatic hydroxyl groups is 2. The van der Waals surface area contributed by atoms with Crippen LogP contribution in [0.2, 0.25) is 0 Å². The van der Waals surface area contributed by atoms with Gasteiger partial charge in [0, 0.05) is 24.9 Å². The summed E-state index contributed by atoms with van der Waals surface area (Å²) in [6, 6.07) is 4.01. The monoisotopic (exact) mass is 512 g/mol. The van der Waals surface area contributed by atoms with Crippen molar-refractivity contribution < 1.29 is 24.6 Å². The summed E-state index contributed by atoms with van der Waals surface area (Å²) in [7, 11) is 0. The number of aliphatic imine (C=N–C) groups is 2. The molecule has 4 atom stereocenters. The molecular formula is C24H32N8O5. The summed E-state index contributed by atoms with van der Waals surface area (Å²) in [5, 5.41) is 28.7. The van der Waals surface area contributed by atoms with Gasteiger partial charge in [-0.1, -0.05) is 32.9 Å². The molecule has 2 fully saturated rings. The lowest BCUT2D eigenvalue weighted by atomic mass is 9.84. The van der Waals surface area contributed by atoms with E-state index < -0.39 is 35.5 Å². The number of benzene rings is 1. The lowest BCUT2D eigenvalue weighted by Crippen LogP contribution is -2.78. The highest BCUT2D eigenvalue weighted by Gasteiger charge is 2.73. The fourth-order valence-electron chi connectivity index (χ4n) is 5.62. The number of rotatable bonds is 4. The minimum Gasteiger partial charge on any atom is -0.370 e. The van der Waals surface area contributed by atoms with E-state index in [0.717, 1.165) is 10.5 Å². The first-order valence-electron chi connectivity index (χ1n) is 12.2.